The number of hydrogen-bond donors (Lipinski definition) is 2. The minimum atomic E-state index is -1.12. The Balaban J connectivity index is 2.92. The molecule has 0 aromatic carbocycles. The van der Waals surface area contributed by atoms with E-state index >= 15 is 0 Å². The summed E-state index contributed by atoms with van der Waals surface area (Å²) in [6, 6.07) is 0. The summed E-state index contributed by atoms with van der Waals surface area (Å²) in [7, 11) is 1.61. The largest absolute Gasteiger partial charge is 0.465 e. The maximum atomic E-state index is 10.2. The Morgan fingerprint density at radius 1 is 1.82 bits per heavy atom. The van der Waals surface area contributed by atoms with Crippen molar-refractivity contribution >= 4 is 34.5 Å². The van der Waals surface area contributed by atoms with Crippen LogP contribution in [0, 0.1) is 3.70 Å². The van der Waals surface area contributed by atoms with Crippen molar-refractivity contribution in [1.29, 1.82) is 0 Å². The highest BCUT2D eigenvalue weighted by atomic mass is 127. The van der Waals surface area contributed by atoms with Crippen LogP contribution in [0.2, 0.25) is 0 Å². The summed E-state index contributed by atoms with van der Waals surface area (Å²) >= 11 is 1.89. The van der Waals surface area contributed by atoms with Crippen molar-refractivity contribution in [2.45, 2.75) is 0 Å². The van der Waals surface area contributed by atoms with Gasteiger partial charge in [0, 0.05) is 7.05 Å². The average molecular weight is 268 g/mol. The van der Waals surface area contributed by atoms with Crippen LogP contribution in [0.5, 0.6) is 0 Å². The van der Waals surface area contributed by atoms with Crippen LogP contribution in [-0.2, 0) is 7.05 Å². The van der Waals surface area contributed by atoms with Crippen LogP contribution >= 0.6 is 22.6 Å². The van der Waals surface area contributed by atoms with Crippen molar-refractivity contribution < 1.29 is 9.90 Å². The Bertz CT molecular complexity index is 264. The van der Waals surface area contributed by atoms with Gasteiger partial charge in [0.15, 0.2) is 9.52 Å². The highest BCUT2D eigenvalue weighted by molar-refractivity contribution is 14.1. The molecule has 1 heterocycles. The molecule has 0 unspecified atom stereocenters. The summed E-state index contributed by atoms with van der Waals surface area (Å²) < 4.78 is 1.89. The third-order valence-electron chi connectivity index (χ3n) is 1.01. The minimum Gasteiger partial charge on any atom is -0.465 e. The summed E-state index contributed by atoms with van der Waals surface area (Å²) in [6.07, 6.45) is -1.12. The maximum absolute atomic E-state index is 10.2. The van der Waals surface area contributed by atoms with Crippen LogP contribution in [0.25, 0.3) is 0 Å². The minimum absolute atomic E-state index is 0.387. The van der Waals surface area contributed by atoms with Gasteiger partial charge in [0.25, 0.3) is 0 Å². The molecule has 1 rings (SSSR count). The van der Waals surface area contributed by atoms with Crippen LogP contribution in [-0.4, -0.2) is 26.2 Å². The molecule has 0 atom stereocenters. The summed E-state index contributed by atoms with van der Waals surface area (Å²) in [4.78, 5) is 10.2. The molecule has 1 amide bonds. The van der Waals surface area contributed by atoms with Crippen LogP contribution in [0.4, 0.5) is 10.6 Å². The molecule has 0 aliphatic carbocycles. The Morgan fingerprint density at radius 3 is 2.82 bits per heavy atom. The molecule has 6 nitrogen and oxygen atoms in total. The zero-order valence-corrected chi connectivity index (χ0v) is 7.73. The summed E-state index contributed by atoms with van der Waals surface area (Å²) in [5, 5.41) is 17.8. The van der Waals surface area contributed by atoms with Gasteiger partial charge in [-0.3, -0.25) is 5.32 Å². The maximum Gasteiger partial charge on any atom is 0.410 e. The van der Waals surface area contributed by atoms with E-state index in [0.717, 1.165) is 0 Å². The Kier molecular flexibility index (Phi) is 2.27. The standard InChI is InChI=1S/C4H5IN4O2/c1-9-3(6-4(10)11)2(5)7-8-9/h6H,1H3,(H,10,11). The van der Waals surface area contributed by atoms with E-state index in [1.54, 1.807) is 7.05 Å². The third kappa shape index (κ3) is 1.79. The molecule has 0 spiro atoms. The molecule has 0 saturated heterocycles. The first kappa shape index (κ1) is 8.24. The van der Waals surface area contributed by atoms with Gasteiger partial charge in [0.2, 0.25) is 0 Å². The average Bonchev–Trinajstić information content (AvgIpc) is 2.18. The second-order valence-corrected chi connectivity index (χ2v) is 2.80. The van der Waals surface area contributed by atoms with Crippen LogP contribution in [0.3, 0.4) is 0 Å². The van der Waals surface area contributed by atoms with E-state index in [9.17, 15) is 4.79 Å². The number of aryl methyl sites for hydroxylation is 1. The quantitative estimate of drug-likeness (QED) is 0.727. The lowest BCUT2D eigenvalue weighted by atomic mass is 10.7. The van der Waals surface area contributed by atoms with E-state index in [0.29, 0.717) is 9.52 Å². The molecule has 7 heteroatoms. The number of halogens is 1. The monoisotopic (exact) mass is 268 g/mol. The van der Waals surface area contributed by atoms with Gasteiger partial charge in [0.1, 0.15) is 0 Å². The molecule has 1 aromatic rings. The van der Waals surface area contributed by atoms with Gasteiger partial charge in [-0.15, -0.1) is 5.10 Å². The molecule has 0 saturated carbocycles. The first-order chi connectivity index (χ1) is 5.11. The van der Waals surface area contributed by atoms with E-state index in [4.69, 9.17) is 5.11 Å². The molecule has 0 radical (unpaired) electrons. The SMILES string of the molecule is Cn1nnc(I)c1NC(=O)O. The second kappa shape index (κ2) is 3.03. The van der Waals surface area contributed by atoms with Crippen LogP contribution in [0.1, 0.15) is 0 Å². The van der Waals surface area contributed by atoms with Crippen molar-refractivity contribution in [3.05, 3.63) is 3.70 Å². The van der Waals surface area contributed by atoms with Gasteiger partial charge in [-0.05, 0) is 22.6 Å². The number of amides is 1. The fourth-order valence-corrected chi connectivity index (χ4v) is 1.15. The van der Waals surface area contributed by atoms with E-state index in [1.165, 1.54) is 4.68 Å². The van der Waals surface area contributed by atoms with Gasteiger partial charge in [0.05, 0.1) is 0 Å². The van der Waals surface area contributed by atoms with Crippen LogP contribution < -0.4 is 5.32 Å². The molecule has 2 N–H and O–H groups in total. The summed E-state index contributed by atoms with van der Waals surface area (Å²) in [5.74, 6) is 0.387. The van der Waals surface area contributed by atoms with Crippen molar-refractivity contribution in [3.63, 3.8) is 0 Å². The molecule has 0 aliphatic rings. The fraction of sp³-hybridized carbons (Fsp3) is 0.250. The number of nitrogens with zero attached hydrogens (tertiary/aromatic N) is 3. The van der Waals surface area contributed by atoms with E-state index in [2.05, 4.69) is 15.6 Å². The van der Waals surface area contributed by atoms with Crippen molar-refractivity contribution in [3.8, 4) is 0 Å². The van der Waals surface area contributed by atoms with E-state index in [1.807, 2.05) is 22.6 Å². The van der Waals surface area contributed by atoms with Crippen molar-refractivity contribution in [2.75, 3.05) is 5.32 Å². The first-order valence-electron chi connectivity index (χ1n) is 2.66. The predicted molar refractivity (Wildman–Crippen MR) is 45.4 cm³/mol. The summed E-state index contributed by atoms with van der Waals surface area (Å²) in [6.45, 7) is 0. The zero-order valence-electron chi connectivity index (χ0n) is 5.58. The lowest BCUT2D eigenvalue weighted by Crippen LogP contribution is -2.11. The molecule has 60 valence electrons. The number of carbonyl (C=O) groups is 1. The molecule has 0 fully saturated rings. The third-order valence-corrected chi connectivity index (χ3v) is 1.74. The number of anilines is 1. The number of hydrogen-bond acceptors (Lipinski definition) is 3. The molecule has 0 bridgehead atoms. The van der Waals surface area contributed by atoms with Gasteiger partial charge in [-0.25, -0.2) is 9.48 Å². The van der Waals surface area contributed by atoms with Crippen molar-refractivity contribution in [1.82, 2.24) is 15.0 Å². The molecule has 1 aromatic heterocycles. The Labute approximate surface area is 75.7 Å². The first-order valence-corrected chi connectivity index (χ1v) is 3.74. The molecular weight excluding hydrogens is 263 g/mol. The Hall–Kier alpha value is -0.860. The van der Waals surface area contributed by atoms with Gasteiger partial charge in [-0.1, -0.05) is 5.21 Å². The highest BCUT2D eigenvalue weighted by Crippen LogP contribution is 2.12. The predicted octanol–water partition coefficient (Wildman–Crippen LogP) is 0.510. The zero-order chi connectivity index (χ0) is 8.43. The molecule has 0 aliphatic heterocycles. The fourth-order valence-electron chi connectivity index (χ4n) is 0.566. The van der Waals surface area contributed by atoms with Gasteiger partial charge < -0.3 is 5.11 Å². The lowest BCUT2D eigenvalue weighted by Gasteiger charge is -1.98. The highest BCUT2D eigenvalue weighted by Gasteiger charge is 2.08. The topological polar surface area (TPSA) is 80.0 Å². The smallest absolute Gasteiger partial charge is 0.410 e. The molecule has 11 heavy (non-hydrogen) atoms. The van der Waals surface area contributed by atoms with E-state index < -0.39 is 6.09 Å². The second-order valence-electron chi connectivity index (χ2n) is 1.78. The van der Waals surface area contributed by atoms with E-state index in [-0.39, 0.29) is 0 Å². The van der Waals surface area contributed by atoms with Gasteiger partial charge in [-0.2, -0.15) is 0 Å². The molecular formula is C4H5IN4O2. The number of rotatable bonds is 1. The normalized spacial score (nSPS) is 9.64. The van der Waals surface area contributed by atoms with Gasteiger partial charge >= 0.3 is 6.09 Å². The van der Waals surface area contributed by atoms with Crippen LogP contribution in [0.15, 0.2) is 0 Å². The van der Waals surface area contributed by atoms with Crippen molar-refractivity contribution in [2.24, 2.45) is 7.05 Å². The Morgan fingerprint density at radius 2 is 2.45 bits per heavy atom. The number of nitrogens with one attached hydrogen (secondary N) is 1. The number of carboxylic acid groups (broad SMARTS) is 1. The lowest BCUT2D eigenvalue weighted by molar-refractivity contribution is 0.209. The summed E-state index contributed by atoms with van der Waals surface area (Å²) in [5.41, 5.74) is 0. The number of aromatic nitrogens is 3.